The predicted octanol–water partition coefficient (Wildman–Crippen LogP) is 3.05. The normalized spacial score (nSPS) is 19.7. The van der Waals surface area contributed by atoms with Crippen LogP contribution in [0.5, 0.6) is 0 Å². The van der Waals surface area contributed by atoms with Crippen LogP contribution in [-0.2, 0) is 9.53 Å². The van der Waals surface area contributed by atoms with Crippen LogP contribution < -0.4 is 0 Å². The minimum atomic E-state index is -0.0341. The maximum atomic E-state index is 11.4. The number of carbonyl (C=O) groups is 1. The highest BCUT2D eigenvalue weighted by atomic mass is 16.5. The van der Waals surface area contributed by atoms with Gasteiger partial charge in [0.2, 0.25) is 0 Å². The summed E-state index contributed by atoms with van der Waals surface area (Å²) in [7, 11) is 0. The molecule has 0 aliphatic heterocycles. The molecular weight excluding hydrogens is 190 g/mol. The Balaban J connectivity index is 2.62. The second-order valence-electron chi connectivity index (χ2n) is 4.87. The molecule has 0 fully saturated rings. The van der Waals surface area contributed by atoms with Gasteiger partial charge in [0.15, 0.2) is 11.7 Å². The molecule has 0 radical (unpaired) electrons. The van der Waals surface area contributed by atoms with E-state index in [1.54, 1.807) is 0 Å². The van der Waals surface area contributed by atoms with Crippen molar-refractivity contribution in [2.24, 2.45) is 5.41 Å². The van der Waals surface area contributed by atoms with E-state index in [1.807, 2.05) is 20.8 Å². The third kappa shape index (κ3) is 3.86. The molecule has 0 aromatic carbocycles. The second kappa shape index (κ2) is 4.60. The summed E-state index contributed by atoms with van der Waals surface area (Å²) in [6, 6.07) is 0. The molecule has 1 aliphatic rings. The number of nitrogens with one attached hydrogen (secondary N) is 1. The minimum Gasteiger partial charge on any atom is -0.448 e. The number of ether oxygens (including phenoxy) is 1. The monoisotopic (exact) mass is 209 g/mol. The van der Waals surface area contributed by atoms with Gasteiger partial charge in [0.05, 0.1) is 0 Å². The number of hydrogen-bond donors (Lipinski definition) is 1. The first-order valence-electron chi connectivity index (χ1n) is 5.41. The van der Waals surface area contributed by atoms with Crippen molar-refractivity contribution >= 4 is 11.7 Å². The van der Waals surface area contributed by atoms with E-state index < -0.39 is 0 Å². The highest BCUT2D eigenvalue weighted by Crippen LogP contribution is 2.34. The minimum absolute atomic E-state index is 0.0341. The Morgan fingerprint density at radius 3 is 2.73 bits per heavy atom. The number of hydrogen-bond acceptors (Lipinski definition) is 3. The number of ketones is 1. The van der Waals surface area contributed by atoms with Crippen LogP contribution in [-0.4, -0.2) is 11.7 Å². The van der Waals surface area contributed by atoms with Crippen LogP contribution in [0.3, 0.4) is 0 Å². The molecule has 1 rings (SSSR count). The lowest BCUT2D eigenvalue weighted by Gasteiger charge is -2.28. The average molecular weight is 209 g/mol. The Hall–Kier alpha value is -1.12. The largest absolute Gasteiger partial charge is 0.448 e. The van der Waals surface area contributed by atoms with Crippen LogP contribution in [0, 0.1) is 10.8 Å². The quantitative estimate of drug-likeness (QED) is 0.573. The van der Waals surface area contributed by atoms with Gasteiger partial charge in [-0.2, -0.15) is 0 Å². The van der Waals surface area contributed by atoms with Crippen LogP contribution in [0.15, 0.2) is 11.8 Å². The highest BCUT2D eigenvalue weighted by molar-refractivity contribution is 5.92. The lowest BCUT2D eigenvalue weighted by atomic mass is 9.79. The smallest absolute Gasteiger partial charge is 0.186 e. The van der Waals surface area contributed by atoms with Gasteiger partial charge >= 0.3 is 0 Å². The molecule has 84 valence electrons. The van der Waals surface area contributed by atoms with Gasteiger partial charge in [-0.15, -0.1) is 0 Å². The Morgan fingerprint density at radius 1 is 1.53 bits per heavy atom. The third-order valence-electron chi connectivity index (χ3n) is 2.36. The summed E-state index contributed by atoms with van der Waals surface area (Å²) in [6.07, 6.45) is 4.37. The molecular formula is C12H19NO2. The van der Waals surface area contributed by atoms with Gasteiger partial charge in [0, 0.05) is 25.3 Å². The van der Waals surface area contributed by atoms with E-state index in [0.29, 0.717) is 18.6 Å². The summed E-state index contributed by atoms with van der Waals surface area (Å²) in [5, 5.41) is 7.55. The maximum Gasteiger partial charge on any atom is 0.186 e. The van der Waals surface area contributed by atoms with Crippen LogP contribution in [0.4, 0.5) is 0 Å². The van der Waals surface area contributed by atoms with E-state index in [9.17, 15) is 4.79 Å². The standard InChI is InChI=1S/C12H19NO2/c1-4-5-11(13)15-10-6-9(14)7-12(2,3)8-10/h6,13H,4-5,7-8H2,1-3H3. The Kier molecular flexibility index (Phi) is 3.66. The fourth-order valence-electron chi connectivity index (χ4n) is 1.79. The molecule has 0 amide bonds. The van der Waals surface area contributed by atoms with Crippen molar-refractivity contribution in [1.82, 2.24) is 0 Å². The Bertz CT molecular complexity index is 303. The van der Waals surface area contributed by atoms with Crippen LogP contribution in [0.1, 0.15) is 46.5 Å². The summed E-state index contributed by atoms with van der Waals surface area (Å²) in [5.74, 6) is 1.01. The summed E-state index contributed by atoms with van der Waals surface area (Å²) < 4.78 is 5.36. The molecule has 1 aliphatic carbocycles. The predicted molar refractivity (Wildman–Crippen MR) is 59.8 cm³/mol. The summed E-state index contributed by atoms with van der Waals surface area (Å²) in [5.41, 5.74) is -0.0341. The molecule has 0 aromatic rings. The van der Waals surface area contributed by atoms with E-state index in [4.69, 9.17) is 10.1 Å². The van der Waals surface area contributed by atoms with Crippen molar-refractivity contribution in [3.05, 3.63) is 11.8 Å². The van der Waals surface area contributed by atoms with Crippen molar-refractivity contribution in [2.45, 2.75) is 46.5 Å². The van der Waals surface area contributed by atoms with Crippen molar-refractivity contribution < 1.29 is 9.53 Å². The van der Waals surface area contributed by atoms with Gasteiger partial charge in [-0.05, 0) is 11.8 Å². The third-order valence-corrected chi connectivity index (χ3v) is 2.36. The van der Waals surface area contributed by atoms with E-state index in [1.165, 1.54) is 6.08 Å². The number of allylic oxidation sites excluding steroid dienone is 2. The number of carbonyl (C=O) groups excluding carboxylic acids is 1. The summed E-state index contributed by atoms with van der Waals surface area (Å²) in [4.78, 5) is 11.4. The first kappa shape index (κ1) is 12.0. The molecule has 0 spiro atoms. The fraction of sp³-hybridized carbons (Fsp3) is 0.667. The first-order valence-corrected chi connectivity index (χ1v) is 5.41. The average Bonchev–Trinajstić information content (AvgIpc) is 1.99. The maximum absolute atomic E-state index is 11.4. The molecule has 0 saturated heterocycles. The molecule has 3 heteroatoms. The lowest BCUT2D eigenvalue weighted by molar-refractivity contribution is -0.117. The van der Waals surface area contributed by atoms with E-state index in [-0.39, 0.29) is 17.1 Å². The van der Waals surface area contributed by atoms with Crippen molar-refractivity contribution in [3.8, 4) is 0 Å². The zero-order chi connectivity index (χ0) is 11.5. The lowest BCUT2D eigenvalue weighted by Crippen LogP contribution is -2.23. The van der Waals surface area contributed by atoms with Gasteiger partial charge < -0.3 is 4.74 Å². The SMILES string of the molecule is CCCC(=N)OC1=CC(=O)CC(C)(C)C1. The molecule has 0 saturated carbocycles. The van der Waals surface area contributed by atoms with Gasteiger partial charge in [-0.25, -0.2) is 0 Å². The highest BCUT2D eigenvalue weighted by Gasteiger charge is 2.28. The van der Waals surface area contributed by atoms with Crippen LogP contribution >= 0.6 is 0 Å². The van der Waals surface area contributed by atoms with E-state index >= 15 is 0 Å². The molecule has 0 aromatic heterocycles. The fourth-order valence-corrected chi connectivity index (χ4v) is 1.79. The number of rotatable bonds is 3. The molecule has 0 bridgehead atoms. The molecule has 1 N–H and O–H groups in total. The topological polar surface area (TPSA) is 50.1 Å². The van der Waals surface area contributed by atoms with E-state index in [0.717, 1.165) is 12.8 Å². The van der Waals surface area contributed by atoms with Crippen LogP contribution in [0.2, 0.25) is 0 Å². The molecule has 0 heterocycles. The zero-order valence-electron chi connectivity index (χ0n) is 9.72. The second-order valence-corrected chi connectivity index (χ2v) is 4.87. The van der Waals surface area contributed by atoms with Gasteiger partial charge in [-0.1, -0.05) is 20.8 Å². The Labute approximate surface area is 91.0 Å². The van der Waals surface area contributed by atoms with Crippen LogP contribution in [0.25, 0.3) is 0 Å². The molecule has 0 atom stereocenters. The summed E-state index contributed by atoms with van der Waals surface area (Å²) >= 11 is 0. The van der Waals surface area contributed by atoms with Gasteiger partial charge in [0.1, 0.15) is 5.76 Å². The van der Waals surface area contributed by atoms with Gasteiger partial charge in [0.25, 0.3) is 0 Å². The van der Waals surface area contributed by atoms with Crippen molar-refractivity contribution in [2.75, 3.05) is 0 Å². The molecule has 3 nitrogen and oxygen atoms in total. The molecule has 0 unspecified atom stereocenters. The zero-order valence-corrected chi connectivity index (χ0v) is 9.72. The van der Waals surface area contributed by atoms with E-state index in [2.05, 4.69) is 0 Å². The summed E-state index contributed by atoms with van der Waals surface area (Å²) in [6.45, 7) is 6.09. The van der Waals surface area contributed by atoms with Crippen molar-refractivity contribution in [1.29, 1.82) is 5.41 Å². The van der Waals surface area contributed by atoms with Crippen molar-refractivity contribution in [3.63, 3.8) is 0 Å². The molecule has 15 heavy (non-hydrogen) atoms. The first-order chi connectivity index (χ1) is 6.93. The Morgan fingerprint density at radius 2 is 2.20 bits per heavy atom. The van der Waals surface area contributed by atoms with Gasteiger partial charge in [-0.3, -0.25) is 10.2 Å².